The van der Waals surface area contributed by atoms with Crippen LogP contribution in [-0.2, 0) is 0 Å². The highest BCUT2D eigenvalue weighted by Gasteiger charge is 2.07. The second-order valence-corrected chi connectivity index (χ2v) is 4.56. The monoisotopic (exact) mass is 253 g/mol. The van der Waals surface area contributed by atoms with E-state index in [4.69, 9.17) is 16.0 Å². The van der Waals surface area contributed by atoms with Crippen LogP contribution in [0.5, 0.6) is 0 Å². The maximum absolute atomic E-state index is 10.5. The van der Waals surface area contributed by atoms with Crippen LogP contribution in [0.3, 0.4) is 0 Å². The van der Waals surface area contributed by atoms with Gasteiger partial charge >= 0.3 is 0 Å². The number of halogens is 1. The van der Waals surface area contributed by atoms with Crippen LogP contribution < -0.4 is 0 Å². The average molecular weight is 254 g/mol. The molecule has 3 nitrogen and oxygen atoms in total. The zero-order valence-electron chi connectivity index (χ0n) is 8.44. The number of carbonyl (C=O) groups excluding carboxylic acids is 1. The molecule has 5 heteroatoms. The Balaban J connectivity index is 2.25. The number of aryl methyl sites for hydroxylation is 1. The molecule has 82 valence electrons. The van der Waals surface area contributed by atoms with E-state index in [1.807, 2.05) is 6.92 Å². The summed E-state index contributed by atoms with van der Waals surface area (Å²) in [5.74, 6) is 0. The third kappa shape index (κ3) is 2.46. The minimum Gasteiger partial charge on any atom is -0.439 e. The molecule has 0 amide bonds. The van der Waals surface area contributed by atoms with E-state index in [0.29, 0.717) is 15.8 Å². The Kier molecular flexibility index (Phi) is 3.31. The van der Waals surface area contributed by atoms with Gasteiger partial charge in [-0.05, 0) is 30.8 Å². The van der Waals surface area contributed by atoms with Gasteiger partial charge in [0.15, 0.2) is 0 Å². The largest absolute Gasteiger partial charge is 0.439 e. The van der Waals surface area contributed by atoms with Gasteiger partial charge in [0.25, 0.3) is 5.22 Å². The van der Waals surface area contributed by atoms with Crippen LogP contribution >= 0.6 is 23.4 Å². The molecule has 0 aliphatic rings. The van der Waals surface area contributed by atoms with Crippen LogP contribution in [0.2, 0.25) is 5.02 Å². The lowest BCUT2D eigenvalue weighted by Gasteiger charge is -2.00. The van der Waals surface area contributed by atoms with Crippen molar-refractivity contribution in [2.45, 2.75) is 17.0 Å². The number of hydrogen-bond acceptors (Lipinski definition) is 4. The van der Waals surface area contributed by atoms with Gasteiger partial charge in [-0.25, -0.2) is 4.98 Å². The lowest BCUT2D eigenvalue weighted by atomic mass is 10.2. The third-order valence-corrected chi connectivity index (χ3v) is 3.25. The second-order valence-electron chi connectivity index (χ2n) is 3.16. The van der Waals surface area contributed by atoms with Crippen molar-refractivity contribution < 1.29 is 9.21 Å². The van der Waals surface area contributed by atoms with E-state index in [1.165, 1.54) is 11.8 Å². The van der Waals surface area contributed by atoms with E-state index in [9.17, 15) is 4.79 Å². The van der Waals surface area contributed by atoms with E-state index in [-0.39, 0.29) is 0 Å². The Morgan fingerprint density at radius 1 is 1.50 bits per heavy atom. The first kappa shape index (κ1) is 11.2. The summed E-state index contributed by atoms with van der Waals surface area (Å²) in [6, 6.07) is 5.10. The first-order chi connectivity index (χ1) is 7.69. The molecule has 16 heavy (non-hydrogen) atoms. The highest BCUT2D eigenvalue weighted by Crippen LogP contribution is 2.32. The Labute approximate surface area is 102 Å². The maximum atomic E-state index is 10.5. The summed E-state index contributed by atoms with van der Waals surface area (Å²) >= 11 is 7.34. The van der Waals surface area contributed by atoms with Crippen molar-refractivity contribution in [1.29, 1.82) is 0 Å². The lowest BCUT2D eigenvalue weighted by Crippen LogP contribution is -1.81. The number of hydrogen-bond donors (Lipinski definition) is 0. The van der Waals surface area contributed by atoms with E-state index in [1.54, 1.807) is 24.5 Å². The van der Waals surface area contributed by atoms with Crippen molar-refractivity contribution in [1.82, 2.24) is 4.98 Å². The van der Waals surface area contributed by atoms with Crippen LogP contribution in [0.4, 0.5) is 0 Å². The Bertz CT molecular complexity index is 524. The number of carbonyl (C=O) groups is 1. The molecular formula is C11H8ClNO2S. The fraction of sp³-hybridized carbons (Fsp3) is 0.0909. The highest BCUT2D eigenvalue weighted by molar-refractivity contribution is 7.99. The molecule has 0 aliphatic carbocycles. The van der Waals surface area contributed by atoms with Gasteiger partial charge in [-0.2, -0.15) is 0 Å². The predicted molar refractivity (Wildman–Crippen MR) is 62.2 cm³/mol. The quantitative estimate of drug-likeness (QED) is 0.784. The van der Waals surface area contributed by atoms with Crippen molar-refractivity contribution in [3.05, 3.63) is 40.7 Å². The van der Waals surface area contributed by atoms with Gasteiger partial charge in [0.2, 0.25) is 0 Å². The molecule has 0 fully saturated rings. The van der Waals surface area contributed by atoms with Crippen molar-refractivity contribution in [3.8, 4) is 0 Å². The number of oxazole rings is 1. The summed E-state index contributed by atoms with van der Waals surface area (Å²) in [6.45, 7) is 1.85. The van der Waals surface area contributed by atoms with Gasteiger partial charge in [0.1, 0.15) is 12.5 Å². The summed E-state index contributed by atoms with van der Waals surface area (Å²) in [5, 5.41) is 1.06. The molecular weight excluding hydrogens is 246 g/mol. The predicted octanol–water partition coefficient (Wildman–Crippen LogP) is 3.60. The third-order valence-electron chi connectivity index (χ3n) is 1.89. The van der Waals surface area contributed by atoms with Crippen molar-refractivity contribution >= 4 is 29.6 Å². The minimum atomic E-state index is 0.519. The molecule has 1 heterocycles. The molecule has 0 bridgehead atoms. The van der Waals surface area contributed by atoms with E-state index < -0.39 is 0 Å². The number of aldehydes is 1. The summed E-state index contributed by atoms with van der Waals surface area (Å²) in [7, 11) is 0. The topological polar surface area (TPSA) is 43.1 Å². The van der Waals surface area contributed by atoms with Gasteiger partial charge < -0.3 is 4.42 Å². The molecule has 2 rings (SSSR count). The molecule has 0 radical (unpaired) electrons. The summed E-state index contributed by atoms with van der Waals surface area (Å²) in [5.41, 5.74) is 1.38. The van der Waals surface area contributed by atoms with Crippen LogP contribution in [0, 0.1) is 6.92 Å². The van der Waals surface area contributed by atoms with Gasteiger partial charge in [0, 0.05) is 10.5 Å². The number of nitrogens with zero attached hydrogens (tertiary/aromatic N) is 1. The Hall–Kier alpha value is -1.26. The van der Waals surface area contributed by atoms with Crippen molar-refractivity contribution in [2.75, 3.05) is 0 Å². The molecule has 0 saturated carbocycles. The number of benzene rings is 1. The van der Waals surface area contributed by atoms with Crippen LogP contribution in [0.25, 0.3) is 0 Å². The standard InChI is InChI=1S/C11H8ClNO2S/c1-7-6-15-11(13-7)16-10-3-2-8(5-14)4-9(10)12/h2-6H,1H3. The second kappa shape index (κ2) is 4.72. The van der Waals surface area contributed by atoms with E-state index in [0.717, 1.165) is 16.9 Å². The molecule has 1 aromatic heterocycles. The Morgan fingerprint density at radius 2 is 2.31 bits per heavy atom. The first-order valence-electron chi connectivity index (χ1n) is 4.54. The van der Waals surface area contributed by atoms with Gasteiger partial charge in [-0.3, -0.25) is 4.79 Å². The van der Waals surface area contributed by atoms with Crippen LogP contribution in [0.1, 0.15) is 16.1 Å². The van der Waals surface area contributed by atoms with Crippen molar-refractivity contribution in [2.24, 2.45) is 0 Å². The molecule has 0 N–H and O–H groups in total. The average Bonchev–Trinajstić information content (AvgIpc) is 2.67. The van der Waals surface area contributed by atoms with Gasteiger partial charge in [-0.1, -0.05) is 17.7 Å². The van der Waals surface area contributed by atoms with Gasteiger partial charge in [0.05, 0.1) is 10.7 Å². The lowest BCUT2D eigenvalue weighted by molar-refractivity contribution is 0.112. The molecule has 0 unspecified atom stereocenters. The fourth-order valence-corrected chi connectivity index (χ4v) is 2.22. The molecule has 0 aliphatic heterocycles. The van der Waals surface area contributed by atoms with Crippen LogP contribution in [0.15, 0.2) is 39.0 Å². The van der Waals surface area contributed by atoms with Gasteiger partial charge in [-0.15, -0.1) is 0 Å². The molecule has 1 aromatic carbocycles. The smallest absolute Gasteiger partial charge is 0.260 e. The Morgan fingerprint density at radius 3 is 2.88 bits per heavy atom. The molecule has 0 atom stereocenters. The summed E-state index contributed by atoms with van der Waals surface area (Å²) < 4.78 is 5.20. The number of rotatable bonds is 3. The van der Waals surface area contributed by atoms with E-state index in [2.05, 4.69) is 4.98 Å². The normalized spacial score (nSPS) is 10.4. The summed E-state index contributed by atoms with van der Waals surface area (Å²) in [6.07, 6.45) is 2.34. The minimum absolute atomic E-state index is 0.519. The zero-order chi connectivity index (χ0) is 11.5. The fourth-order valence-electron chi connectivity index (χ4n) is 1.15. The van der Waals surface area contributed by atoms with Crippen LogP contribution in [-0.4, -0.2) is 11.3 Å². The summed E-state index contributed by atoms with van der Waals surface area (Å²) in [4.78, 5) is 15.5. The molecule has 0 spiro atoms. The van der Waals surface area contributed by atoms with Crippen molar-refractivity contribution in [3.63, 3.8) is 0 Å². The SMILES string of the molecule is Cc1coc(Sc2ccc(C=O)cc2Cl)n1. The number of aromatic nitrogens is 1. The first-order valence-corrected chi connectivity index (χ1v) is 5.73. The zero-order valence-corrected chi connectivity index (χ0v) is 10.0. The molecule has 0 saturated heterocycles. The van der Waals surface area contributed by atoms with E-state index >= 15 is 0 Å². The highest BCUT2D eigenvalue weighted by atomic mass is 35.5. The maximum Gasteiger partial charge on any atom is 0.260 e. The molecule has 2 aromatic rings.